The molecule has 0 aliphatic rings. The molecule has 2 heterocycles. The minimum atomic E-state index is -0.944. The molecule has 0 aliphatic carbocycles. The maximum Gasteiger partial charge on any atom is 0.339 e. The van der Waals surface area contributed by atoms with Crippen LogP contribution in [-0.4, -0.2) is 17.6 Å². The van der Waals surface area contributed by atoms with Gasteiger partial charge in [-0.25, -0.2) is 4.79 Å². The first-order valence-corrected chi connectivity index (χ1v) is 6.65. The first-order chi connectivity index (χ1) is 8.66. The Balaban J connectivity index is 1.80. The normalized spacial score (nSPS) is 10.7. The number of carboxylic acid groups (broad SMARTS) is 1. The summed E-state index contributed by atoms with van der Waals surface area (Å²) in [5.74, 6) is 0.174. The summed E-state index contributed by atoms with van der Waals surface area (Å²) in [5, 5.41) is 16.3. The molecule has 2 aromatic heterocycles. The number of hydrogen-bond acceptors (Lipinski definition) is 4. The molecule has 0 radical (unpaired) electrons. The maximum atomic E-state index is 10.8. The highest BCUT2D eigenvalue weighted by Crippen LogP contribution is 2.14. The Morgan fingerprint density at radius 2 is 2.39 bits per heavy atom. The highest BCUT2D eigenvalue weighted by atomic mass is 32.1. The molecule has 0 unspecified atom stereocenters. The van der Waals surface area contributed by atoms with E-state index in [1.54, 1.807) is 24.3 Å². The van der Waals surface area contributed by atoms with Gasteiger partial charge in [-0.2, -0.15) is 11.3 Å². The van der Waals surface area contributed by atoms with Crippen LogP contribution in [0.25, 0.3) is 0 Å². The predicted molar refractivity (Wildman–Crippen MR) is 70.1 cm³/mol. The molecule has 0 aliphatic heterocycles. The van der Waals surface area contributed by atoms with E-state index in [0.29, 0.717) is 18.1 Å². The number of furan rings is 1. The van der Waals surface area contributed by atoms with Gasteiger partial charge in [-0.05, 0) is 48.3 Å². The van der Waals surface area contributed by atoms with Gasteiger partial charge in [-0.1, -0.05) is 0 Å². The Hall–Kier alpha value is -1.59. The molecular weight excluding hydrogens is 250 g/mol. The van der Waals surface area contributed by atoms with Crippen LogP contribution in [0.1, 0.15) is 27.4 Å². The minimum absolute atomic E-state index is 0.240. The predicted octanol–water partition coefficient (Wildman–Crippen LogP) is 2.68. The van der Waals surface area contributed by atoms with Crippen molar-refractivity contribution in [1.82, 2.24) is 5.32 Å². The van der Waals surface area contributed by atoms with Gasteiger partial charge in [0.15, 0.2) is 0 Å². The van der Waals surface area contributed by atoms with Gasteiger partial charge in [0, 0.05) is 0 Å². The molecule has 2 rings (SSSR count). The smallest absolute Gasteiger partial charge is 0.339 e. The number of aryl methyl sites for hydroxylation is 1. The van der Waals surface area contributed by atoms with Crippen molar-refractivity contribution in [2.45, 2.75) is 19.9 Å². The Morgan fingerprint density at radius 3 is 3.00 bits per heavy atom. The third kappa shape index (κ3) is 3.21. The number of carboxylic acids is 1. The van der Waals surface area contributed by atoms with Crippen molar-refractivity contribution in [3.63, 3.8) is 0 Å². The van der Waals surface area contributed by atoms with Crippen LogP contribution in [-0.2, 0) is 13.0 Å². The lowest BCUT2D eigenvalue weighted by molar-refractivity contribution is 0.0695. The number of rotatable bonds is 6. The van der Waals surface area contributed by atoms with E-state index in [2.05, 4.69) is 22.1 Å². The van der Waals surface area contributed by atoms with E-state index in [-0.39, 0.29) is 5.56 Å². The summed E-state index contributed by atoms with van der Waals surface area (Å²) in [4.78, 5) is 10.8. The second-order valence-corrected chi connectivity index (χ2v) is 4.83. The molecule has 0 amide bonds. The zero-order chi connectivity index (χ0) is 13.0. The monoisotopic (exact) mass is 265 g/mol. The summed E-state index contributed by atoms with van der Waals surface area (Å²) < 4.78 is 5.37. The molecule has 96 valence electrons. The third-order valence-electron chi connectivity index (χ3n) is 2.67. The zero-order valence-corrected chi connectivity index (χ0v) is 10.9. The molecule has 0 aromatic carbocycles. The lowest BCUT2D eigenvalue weighted by Gasteiger charge is -2.00. The quantitative estimate of drug-likeness (QED) is 0.788. The van der Waals surface area contributed by atoms with Gasteiger partial charge in [0.2, 0.25) is 0 Å². The lowest BCUT2D eigenvalue weighted by atomic mass is 10.2. The molecule has 18 heavy (non-hydrogen) atoms. The topological polar surface area (TPSA) is 62.5 Å². The van der Waals surface area contributed by atoms with Crippen LogP contribution in [0.15, 0.2) is 27.3 Å². The second-order valence-electron chi connectivity index (χ2n) is 4.05. The molecule has 4 nitrogen and oxygen atoms in total. The van der Waals surface area contributed by atoms with Crippen LogP contribution in [0.3, 0.4) is 0 Å². The Bertz CT molecular complexity index is 516. The van der Waals surface area contributed by atoms with Gasteiger partial charge < -0.3 is 14.8 Å². The summed E-state index contributed by atoms with van der Waals surface area (Å²) in [6, 6.07) is 3.68. The molecule has 0 spiro atoms. The SMILES string of the molecule is Cc1oc(CNCCc2ccsc2)cc1C(=O)O. The fraction of sp³-hybridized carbons (Fsp3) is 0.308. The van der Waals surface area contributed by atoms with Crippen LogP contribution in [0.5, 0.6) is 0 Å². The summed E-state index contributed by atoms with van der Waals surface area (Å²) in [5.41, 5.74) is 1.55. The number of nitrogens with one attached hydrogen (secondary N) is 1. The van der Waals surface area contributed by atoms with Crippen molar-refractivity contribution in [1.29, 1.82) is 0 Å². The van der Waals surface area contributed by atoms with Crippen LogP contribution in [0.2, 0.25) is 0 Å². The molecule has 0 atom stereocenters. The van der Waals surface area contributed by atoms with Crippen LogP contribution < -0.4 is 5.32 Å². The first kappa shape index (κ1) is 12.9. The standard InChI is InChI=1S/C13H15NO3S/c1-9-12(13(15)16)6-11(17-9)7-14-4-2-10-3-5-18-8-10/h3,5-6,8,14H,2,4,7H2,1H3,(H,15,16). The van der Waals surface area contributed by atoms with E-state index in [4.69, 9.17) is 9.52 Å². The molecule has 2 aromatic rings. The van der Waals surface area contributed by atoms with Crippen molar-refractivity contribution in [3.8, 4) is 0 Å². The molecule has 0 bridgehead atoms. The number of aromatic carboxylic acids is 1. The highest BCUT2D eigenvalue weighted by molar-refractivity contribution is 7.07. The van der Waals surface area contributed by atoms with Gasteiger partial charge in [0.1, 0.15) is 17.1 Å². The van der Waals surface area contributed by atoms with Gasteiger partial charge >= 0.3 is 5.97 Å². The van der Waals surface area contributed by atoms with E-state index in [0.717, 1.165) is 13.0 Å². The average Bonchev–Trinajstić information content (AvgIpc) is 2.94. The fourth-order valence-electron chi connectivity index (χ4n) is 1.72. The molecule has 0 saturated carbocycles. The maximum absolute atomic E-state index is 10.8. The fourth-order valence-corrected chi connectivity index (χ4v) is 2.43. The van der Waals surface area contributed by atoms with E-state index in [1.165, 1.54) is 5.56 Å². The molecule has 0 saturated heterocycles. The summed E-state index contributed by atoms with van der Waals surface area (Å²) in [6.45, 7) is 3.06. The summed E-state index contributed by atoms with van der Waals surface area (Å²) >= 11 is 1.69. The van der Waals surface area contributed by atoms with Crippen LogP contribution in [0, 0.1) is 6.92 Å². The third-order valence-corrected chi connectivity index (χ3v) is 3.40. The van der Waals surface area contributed by atoms with Crippen molar-refractivity contribution >= 4 is 17.3 Å². The Kier molecular flexibility index (Phi) is 4.17. The van der Waals surface area contributed by atoms with E-state index in [9.17, 15) is 4.79 Å². The molecular formula is C13H15NO3S. The molecule has 0 fully saturated rings. The number of carbonyl (C=O) groups is 1. The van der Waals surface area contributed by atoms with Crippen molar-refractivity contribution in [2.24, 2.45) is 0 Å². The van der Waals surface area contributed by atoms with Gasteiger partial charge in [0.25, 0.3) is 0 Å². The minimum Gasteiger partial charge on any atom is -0.478 e. The highest BCUT2D eigenvalue weighted by Gasteiger charge is 2.12. The Morgan fingerprint density at radius 1 is 1.56 bits per heavy atom. The van der Waals surface area contributed by atoms with Crippen molar-refractivity contribution in [2.75, 3.05) is 6.54 Å². The number of thiophene rings is 1. The van der Waals surface area contributed by atoms with Crippen molar-refractivity contribution in [3.05, 3.63) is 45.5 Å². The van der Waals surface area contributed by atoms with Crippen molar-refractivity contribution < 1.29 is 14.3 Å². The number of hydrogen-bond donors (Lipinski definition) is 2. The second kappa shape index (κ2) is 5.84. The zero-order valence-electron chi connectivity index (χ0n) is 10.1. The van der Waals surface area contributed by atoms with E-state index < -0.39 is 5.97 Å². The largest absolute Gasteiger partial charge is 0.478 e. The van der Waals surface area contributed by atoms with E-state index in [1.807, 2.05) is 0 Å². The van der Waals surface area contributed by atoms with Gasteiger partial charge in [-0.3, -0.25) is 0 Å². The average molecular weight is 265 g/mol. The van der Waals surface area contributed by atoms with Gasteiger partial charge in [-0.15, -0.1) is 0 Å². The lowest BCUT2D eigenvalue weighted by Crippen LogP contribution is -2.16. The Labute approximate surface area is 109 Å². The summed E-state index contributed by atoms with van der Waals surface area (Å²) in [7, 11) is 0. The van der Waals surface area contributed by atoms with Crippen LogP contribution in [0.4, 0.5) is 0 Å². The first-order valence-electron chi connectivity index (χ1n) is 5.71. The molecule has 2 N–H and O–H groups in total. The van der Waals surface area contributed by atoms with Crippen LogP contribution >= 0.6 is 11.3 Å². The molecule has 5 heteroatoms. The summed E-state index contributed by atoms with van der Waals surface area (Å²) in [6.07, 6.45) is 0.967. The van der Waals surface area contributed by atoms with Gasteiger partial charge in [0.05, 0.1) is 6.54 Å². The van der Waals surface area contributed by atoms with E-state index >= 15 is 0 Å².